The summed E-state index contributed by atoms with van der Waals surface area (Å²) in [5.41, 5.74) is 1.95. The van der Waals surface area contributed by atoms with Crippen LogP contribution in [0.5, 0.6) is 0 Å². The highest BCUT2D eigenvalue weighted by Gasteiger charge is 2.30. The highest BCUT2D eigenvalue weighted by atomic mass is 16.4. The maximum atomic E-state index is 12.3. The van der Waals surface area contributed by atoms with Crippen molar-refractivity contribution in [3.63, 3.8) is 0 Å². The Morgan fingerprint density at radius 1 is 1.32 bits per heavy atom. The minimum absolute atomic E-state index is 0.144. The molecule has 0 spiro atoms. The molecule has 2 aliphatic rings. The number of fused-ring (bicyclic) bond motifs is 1. The van der Waals surface area contributed by atoms with Gasteiger partial charge in [-0.05, 0) is 49.3 Å². The highest BCUT2D eigenvalue weighted by Crippen LogP contribution is 2.35. The molecule has 1 N–H and O–H groups in total. The first kappa shape index (κ1) is 12.2. The van der Waals surface area contributed by atoms with Gasteiger partial charge in [-0.3, -0.25) is 4.79 Å². The van der Waals surface area contributed by atoms with Gasteiger partial charge >= 0.3 is 5.97 Å². The Labute approximate surface area is 112 Å². The van der Waals surface area contributed by atoms with Crippen molar-refractivity contribution in [1.82, 2.24) is 0 Å². The van der Waals surface area contributed by atoms with E-state index in [4.69, 9.17) is 0 Å². The van der Waals surface area contributed by atoms with E-state index in [2.05, 4.69) is 0 Å². The summed E-state index contributed by atoms with van der Waals surface area (Å²) >= 11 is 0. The third kappa shape index (κ3) is 2.35. The zero-order valence-corrected chi connectivity index (χ0v) is 10.8. The second kappa shape index (κ2) is 4.68. The minimum Gasteiger partial charge on any atom is -0.478 e. The Kier molecular flexibility index (Phi) is 3.01. The molecule has 19 heavy (non-hydrogen) atoms. The molecule has 1 amide bonds. The largest absolute Gasteiger partial charge is 0.478 e. The summed E-state index contributed by atoms with van der Waals surface area (Å²) in [7, 11) is 0. The lowest BCUT2D eigenvalue weighted by atomic mass is 9.96. The predicted molar refractivity (Wildman–Crippen MR) is 71.4 cm³/mol. The van der Waals surface area contributed by atoms with E-state index in [0.29, 0.717) is 24.4 Å². The van der Waals surface area contributed by atoms with Gasteiger partial charge in [0.05, 0.1) is 5.56 Å². The van der Waals surface area contributed by atoms with Gasteiger partial charge in [0.15, 0.2) is 0 Å². The Morgan fingerprint density at radius 3 is 2.79 bits per heavy atom. The number of hydrogen-bond acceptors (Lipinski definition) is 2. The van der Waals surface area contributed by atoms with Gasteiger partial charge in [-0.15, -0.1) is 0 Å². The number of carbonyl (C=O) groups is 2. The summed E-state index contributed by atoms with van der Waals surface area (Å²) < 4.78 is 0. The van der Waals surface area contributed by atoms with Crippen molar-refractivity contribution in [1.29, 1.82) is 0 Å². The van der Waals surface area contributed by atoms with Crippen LogP contribution in [0.4, 0.5) is 5.69 Å². The summed E-state index contributed by atoms with van der Waals surface area (Å²) in [5.74, 6) is -0.208. The van der Waals surface area contributed by atoms with Crippen molar-refractivity contribution in [3.05, 3.63) is 29.3 Å². The van der Waals surface area contributed by atoms with Crippen molar-refractivity contribution in [2.45, 2.75) is 32.1 Å². The van der Waals surface area contributed by atoms with Crippen molar-refractivity contribution in [2.75, 3.05) is 11.4 Å². The third-order valence-corrected chi connectivity index (χ3v) is 3.94. The van der Waals surface area contributed by atoms with E-state index in [1.54, 1.807) is 17.0 Å². The van der Waals surface area contributed by atoms with Crippen LogP contribution in [-0.2, 0) is 11.2 Å². The van der Waals surface area contributed by atoms with Crippen LogP contribution in [0.1, 0.15) is 41.6 Å². The van der Waals surface area contributed by atoms with E-state index >= 15 is 0 Å². The normalized spacial score (nSPS) is 18.0. The van der Waals surface area contributed by atoms with Crippen molar-refractivity contribution >= 4 is 17.6 Å². The molecule has 1 aliphatic heterocycles. The first-order valence-electron chi connectivity index (χ1n) is 6.82. The molecule has 1 aromatic rings. The van der Waals surface area contributed by atoms with E-state index in [1.807, 2.05) is 6.07 Å². The summed E-state index contributed by atoms with van der Waals surface area (Å²) in [6.07, 6.45) is 4.50. The monoisotopic (exact) mass is 259 g/mol. The molecule has 100 valence electrons. The van der Waals surface area contributed by atoms with Crippen LogP contribution in [-0.4, -0.2) is 23.5 Å². The number of hydrogen-bond donors (Lipinski definition) is 1. The number of rotatable bonds is 3. The topological polar surface area (TPSA) is 57.6 Å². The molecule has 0 atom stereocenters. The first-order chi connectivity index (χ1) is 9.16. The van der Waals surface area contributed by atoms with Crippen molar-refractivity contribution in [2.24, 2.45) is 5.92 Å². The van der Waals surface area contributed by atoms with Crippen LogP contribution in [0, 0.1) is 5.92 Å². The maximum absolute atomic E-state index is 12.3. The van der Waals surface area contributed by atoms with Crippen LogP contribution in [0.25, 0.3) is 0 Å². The standard InChI is InChI=1S/C15H17NO3/c17-14(9-10-6-7-10)16-8-2-4-11-12(15(18)19)3-1-5-13(11)16/h1,3,5,10H,2,4,6-9H2,(H,18,19). The number of carbonyl (C=O) groups excluding carboxylic acids is 1. The van der Waals surface area contributed by atoms with E-state index in [0.717, 1.165) is 36.9 Å². The maximum Gasteiger partial charge on any atom is 0.336 e. The molecule has 1 aliphatic carbocycles. The molecule has 1 fully saturated rings. The SMILES string of the molecule is O=C(O)c1cccc2c1CCCN2C(=O)CC1CC1. The van der Waals surface area contributed by atoms with Crippen LogP contribution >= 0.6 is 0 Å². The summed E-state index contributed by atoms with van der Waals surface area (Å²) in [4.78, 5) is 25.3. The third-order valence-electron chi connectivity index (χ3n) is 3.94. The smallest absolute Gasteiger partial charge is 0.336 e. The molecule has 0 aromatic heterocycles. The second-order valence-electron chi connectivity index (χ2n) is 5.40. The summed E-state index contributed by atoms with van der Waals surface area (Å²) in [6, 6.07) is 5.22. The van der Waals surface area contributed by atoms with Crippen LogP contribution in [0.2, 0.25) is 0 Å². The lowest BCUT2D eigenvalue weighted by Gasteiger charge is -2.30. The van der Waals surface area contributed by atoms with E-state index in [-0.39, 0.29) is 5.91 Å². The molecular formula is C15H17NO3. The van der Waals surface area contributed by atoms with Gasteiger partial charge in [-0.2, -0.15) is 0 Å². The van der Waals surface area contributed by atoms with E-state index < -0.39 is 5.97 Å². The van der Waals surface area contributed by atoms with Gasteiger partial charge < -0.3 is 10.0 Å². The van der Waals surface area contributed by atoms with E-state index in [9.17, 15) is 14.7 Å². The molecule has 1 heterocycles. The van der Waals surface area contributed by atoms with Crippen molar-refractivity contribution < 1.29 is 14.7 Å². The number of aromatic carboxylic acids is 1. The molecule has 4 nitrogen and oxygen atoms in total. The number of benzene rings is 1. The van der Waals surface area contributed by atoms with Gasteiger partial charge in [-0.25, -0.2) is 4.79 Å². The average Bonchev–Trinajstić information content (AvgIpc) is 3.21. The molecule has 3 rings (SSSR count). The Bertz CT molecular complexity index is 534. The Balaban J connectivity index is 1.92. The fourth-order valence-corrected chi connectivity index (χ4v) is 2.76. The summed E-state index contributed by atoms with van der Waals surface area (Å²) in [6.45, 7) is 0.710. The fraction of sp³-hybridized carbons (Fsp3) is 0.467. The second-order valence-corrected chi connectivity index (χ2v) is 5.40. The molecule has 4 heteroatoms. The average molecular weight is 259 g/mol. The van der Waals surface area contributed by atoms with E-state index in [1.165, 1.54) is 0 Å². The predicted octanol–water partition coefficient (Wildman–Crippen LogP) is 2.46. The number of nitrogens with zero attached hydrogens (tertiary/aromatic N) is 1. The molecule has 1 saturated carbocycles. The molecule has 0 bridgehead atoms. The number of amides is 1. The minimum atomic E-state index is -0.909. The van der Waals surface area contributed by atoms with Crippen LogP contribution in [0.15, 0.2) is 18.2 Å². The number of carboxylic acids is 1. The molecular weight excluding hydrogens is 242 g/mol. The zero-order chi connectivity index (χ0) is 13.4. The van der Waals surface area contributed by atoms with Crippen molar-refractivity contribution in [3.8, 4) is 0 Å². The molecule has 0 radical (unpaired) electrons. The van der Waals surface area contributed by atoms with Crippen LogP contribution < -0.4 is 4.90 Å². The summed E-state index contributed by atoms with van der Waals surface area (Å²) in [5, 5.41) is 9.22. The van der Waals surface area contributed by atoms with Gasteiger partial charge in [0.2, 0.25) is 5.91 Å². The lowest BCUT2D eigenvalue weighted by Crippen LogP contribution is -2.36. The Morgan fingerprint density at radius 2 is 2.11 bits per heavy atom. The fourth-order valence-electron chi connectivity index (χ4n) is 2.76. The quantitative estimate of drug-likeness (QED) is 0.907. The molecule has 0 saturated heterocycles. The lowest BCUT2D eigenvalue weighted by molar-refractivity contribution is -0.119. The van der Waals surface area contributed by atoms with Crippen LogP contribution in [0.3, 0.4) is 0 Å². The molecule has 1 aromatic carbocycles. The van der Waals surface area contributed by atoms with Gasteiger partial charge in [0.1, 0.15) is 0 Å². The van der Waals surface area contributed by atoms with Gasteiger partial charge in [0.25, 0.3) is 0 Å². The highest BCUT2D eigenvalue weighted by molar-refractivity contribution is 5.98. The molecule has 0 unspecified atom stereocenters. The number of carboxylic acid groups (broad SMARTS) is 1. The first-order valence-corrected chi connectivity index (χ1v) is 6.82. The zero-order valence-electron chi connectivity index (χ0n) is 10.8. The van der Waals surface area contributed by atoms with Gasteiger partial charge in [-0.1, -0.05) is 6.07 Å². The Hall–Kier alpha value is -1.84. The number of anilines is 1. The van der Waals surface area contributed by atoms with Gasteiger partial charge in [0, 0.05) is 18.7 Å².